The number of amides is 1. The van der Waals surface area contributed by atoms with Gasteiger partial charge in [-0.2, -0.15) is 0 Å². The van der Waals surface area contributed by atoms with Gasteiger partial charge in [-0.25, -0.2) is 4.79 Å². The van der Waals surface area contributed by atoms with Crippen LogP contribution in [0.2, 0.25) is 0 Å². The van der Waals surface area contributed by atoms with E-state index in [0.717, 1.165) is 5.56 Å². The third-order valence-corrected chi connectivity index (χ3v) is 5.38. The van der Waals surface area contributed by atoms with E-state index in [1.807, 2.05) is 39.8 Å². The average molecular weight is 405 g/mol. The van der Waals surface area contributed by atoms with Gasteiger partial charge in [0.15, 0.2) is 6.35 Å². The first-order valence-corrected chi connectivity index (χ1v) is 11.0. The van der Waals surface area contributed by atoms with Crippen LogP contribution in [0.25, 0.3) is 0 Å². The lowest BCUT2D eigenvalue weighted by molar-refractivity contribution is 0.0508. The Morgan fingerprint density at radius 2 is 1.71 bits per heavy atom. The molecule has 0 aromatic heterocycles. The van der Waals surface area contributed by atoms with Crippen LogP contribution in [0.4, 0.5) is 4.79 Å². The fourth-order valence-electron chi connectivity index (χ4n) is 2.53. The summed E-state index contributed by atoms with van der Waals surface area (Å²) in [6, 6.07) is 15.6. The zero-order valence-corrected chi connectivity index (χ0v) is 17.6. The number of hydrogen-bond donors (Lipinski definition) is 2. The molecule has 2 N–H and O–H groups in total. The van der Waals surface area contributed by atoms with Gasteiger partial charge < -0.3 is 19.7 Å². The van der Waals surface area contributed by atoms with Crippen LogP contribution in [-0.2, 0) is 15.7 Å². The molecule has 1 unspecified atom stereocenters. The molecule has 0 bridgehead atoms. The summed E-state index contributed by atoms with van der Waals surface area (Å²) in [5.74, 6) is 0.515. The van der Waals surface area contributed by atoms with Crippen molar-refractivity contribution in [3.63, 3.8) is 0 Å². The molecule has 28 heavy (non-hydrogen) atoms. The second kappa shape index (κ2) is 9.26. The summed E-state index contributed by atoms with van der Waals surface area (Å²) in [6.45, 7) is 7.35. The van der Waals surface area contributed by atoms with E-state index < -0.39 is 19.1 Å². The maximum Gasteiger partial charge on any atom is 0.407 e. The largest absolute Gasteiger partial charge is 0.483 e. The Morgan fingerprint density at radius 3 is 2.29 bits per heavy atom. The van der Waals surface area contributed by atoms with E-state index >= 15 is 0 Å². The van der Waals surface area contributed by atoms with Crippen molar-refractivity contribution in [1.82, 2.24) is 5.32 Å². The summed E-state index contributed by atoms with van der Waals surface area (Å²) < 4.78 is 23.1. The molecule has 152 valence electrons. The molecule has 2 atom stereocenters. The van der Waals surface area contributed by atoms with Crippen LogP contribution in [0.5, 0.6) is 5.75 Å². The molecule has 6 nitrogen and oxygen atoms in total. The first kappa shape index (κ1) is 22.0. The summed E-state index contributed by atoms with van der Waals surface area (Å²) >= 11 is 0. The second-order valence-electron chi connectivity index (χ2n) is 7.71. The van der Waals surface area contributed by atoms with Crippen LogP contribution in [0, 0.1) is 0 Å². The van der Waals surface area contributed by atoms with Crippen LogP contribution in [0.1, 0.15) is 33.3 Å². The smallest absolute Gasteiger partial charge is 0.407 e. The van der Waals surface area contributed by atoms with Crippen molar-refractivity contribution in [1.29, 1.82) is 0 Å². The van der Waals surface area contributed by atoms with Crippen LogP contribution < -0.4 is 15.4 Å². The molecule has 2 rings (SSSR count). The van der Waals surface area contributed by atoms with E-state index in [2.05, 4.69) is 5.32 Å². The Labute approximate surface area is 166 Å². The van der Waals surface area contributed by atoms with Crippen LogP contribution in [0.3, 0.4) is 0 Å². The maximum absolute atomic E-state index is 12.4. The molecule has 1 amide bonds. The fourth-order valence-corrected chi connectivity index (χ4v) is 3.64. The monoisotopic (exact) mass is 405 g/mol. The number of carbonyl (C=O) groups excluding carboxylic acids is 1. The molecule has 0 radical (unpaired) electrons. The van der Waals surface area contributed by atoms with E-state index in [9.17, 15) is 14.3 Å². The Kier molecular flexibility index (Phi) is 7.28. The van der Waals surface area contributed by atoms with E-state index in [4.69, 9.17) is 9.47 Å². The number of hydrogen-bond acceptors (Lipinski definition) is 4. The predicted octanol–water partition coefficient (Wildman–Crippen LogP) is 4.07. The Bertz CT molecular complexity index is 815. The average Bonchev–Trinajstić information content (AvgIpc) is 2.60. The molecular formula is C21H28NO5P. The molecule has 0 aliphatic heterocycles. The number of benzene rings is 2. The van der Waals surface area contributed by atoms with Crippen LogP contribution in [0.15, 0.2) is 54.6 Å². The van der Waals surface area contributed by atoms with E-state index in [-0.39, 0.29) is 12.4 Å². The minimum absolute atomic E-state index is 0.0997. The van der Waals surface area contributed by atoms with Gasteiger partial charge in [0.2, 0.25) is 0 Å². The van der Waals surface area contributed by atoms with Crippen LogP contribution in [-0.4, -0.2) is 29.0 Å². The van der Waals surface area contributed by atoms with Gasteiger partial charge in [0.1, 0.15) is 11.4 Å². The van der Waals surface area contributed by atoms with Crippen molar-refractivity contribution in [3.05, 3.63) is 60.2 Å². The van der Waals surface area contributed by atoms with Crippen molar-refractivity contribution >= 4 is 18.8 Å². The summed E-state index contributed by atoms with van der Waals surface area (Å²) in [5.41, 5.74) is 0.473. The lowest BCUT2D eigenvalue weighted by atomic mass is 10.1. The van der Waals surface area contributed by atoms with E-state index in [0.29, 0.717) is 17.5 Å². The molecule has 7 heteroatoms. The molecule has 0 aliphatic carbocycles. The zero-order valence-electron chi connectivity index (χ0n) is 16.7. The molecule has 0 fully saturated rings. The summed E-state index contributed by atoms with van der Waals surface area (Å²) in [7, 11) is -3.56. The van der Waals surface area contributed by atoms with Crippen molar-refractivity contribution < 1.29 is 23.7 Å². The second-order valence-corrected chi connectivity index (χ2v) is 9.88. The number of carbonyl (C=O) groups is 1. The topological polar surface area (TPSA) is 84.9 Å². The van der Waals surface area contributed by atoms with Crippen molar-refractivity contribution in [3.8, 4) is 5.75 Å². The summed E-state index contributed by atoms with van der Waals surface area (Å²) in [6.07, 6.45) is -0.103. The predicted molar refractivity (Wildman–Crippen MR) is 110 cm³/mol. The zero-order chi connectivity index (χ0) is 20.8. The molecule has 0 saturated heterocycles. The normalized spacial score (nSPS) is 14.6. The Hall–Kier alpha value is -2.30. The van der Waals surface area contributed by atoms with E-state index in [1.165, 1.54) is 0 Å². The van der Waals surface area contributed by atoms with Gasteiger partial charge in [-0.1, -0.05) is 30.3 Å². The maximum atomic E-state index is 12.4. The first-order chi connectivity index (χ1) is 13.0. The minimum Gasteiger partial charge on any atom is -0.483 e. The summed E-state index contributed by atoms with van der Waals surface area (Å²) in [5, 5.41) is 3.17. The van der Waals surface area contributed by atoms with Gasteiger partial charge in [0.25, 0.3) is 7.37 Å². The van der Waals surface area contributed by atoms with Crippen molar-refractivity contribution in [2.75, 3.05) is 6.35 Å². The highest BCUT2D eigenvalue weighted by Gasteiger charge is 2.22. The number of rotatable bonds is 7. The van der Waals surface area contributed by atoms with Gasteiger partial charge in [-0.05, 0) is 63.9 Å². The Balaban J connectivity index is 1.86. The van der Waals surface area contributed by atoms with Gasteiger partial charge >= 0.3 is 6.09 Å². The van der Waals surface area contributed by atoms with E-state index in [1.54, 1.807) is 42.5 Å². The SMILES string of the molecule is CC(Cc1ccc(OC[P@](=O)(O)c2ccccc2)cc1)NC(=O)OC(C)(C)C. The van der Waals surface area contributed by atoms with Gasteiger partial charge in [0.05, 0.1) is 0 Å². The van der Waals surface area contributed by atoms with Crippen molar-refractivity contribution in [2.24, 2.45) is 0 Å². The molecule has 0 spiro atoms. The molecule has 0 saturated carbocycles. The Morgan fingerprint density at radius 1 is 1.11 bits per heavy atom. The third kappa shape index (κ3) is 7.37. The highest BCUT2D eigenvalue weighted by Crippen LogP contribution is 2.39. The third-order valence-electron chi connectivity index (χ3n) is 3.79. The number of nitrogens with one attached hydrogen (secondary N) is 1. The van der Waals surface area contributed by atoms with Gasteiger partial charge in [-0.3, -0.25) is 4.57 Å². The van der Waals surface area contributed by atoms with Crippen LogP contribution >= 0.6 is 7.37 Å². The highest BCUT2D eigenvalue weighted by molar-refractivity contribution is 7.65. The number of alkyl carbamates (subject to hydrolysis) is 1. The molecule has 2 aromatic carbocycles. The molecule has 2 aromatic rings. The van der Waals surface area contributed by atoms with Crippen molar-refractivity contribution in [2.45, 2.75) is 45.8 Å². The lowest BCUT2D eigenvalue weighted by Gasteiger charge is -2.22. The minimum atomic E-state index is -3.56. The lowest BCUT2D eigenvalue weighted by Crippen LogP contribution is -2.38. The molecule has 0 aliphatic rings. The van der Waals surface area contributed by atoms with Gasteiger partial charge in [-0.15, -0.1) is 0 Å². The quantitative estimate of drug-likeness (QED) is 0.678. The fraction of sp³-hybridized carbons (Fsp3) is 0.381. The first-order valence-electron chi connectivity index (χ1n) is 9.14. The summed E-state index contributed by atoms with van der Waals surface area (Å²) in [4.78, 5) is 22.0. The molecular weight excluding hydrogens is 377 g/mol. The highest BCUT2D eigenvalue weighted by atomic mass is 31.2. The molecule has 0 heterocycles. The van der Waals surface area contributed by atoms with Gasteiger partial charge in [0, 0.05) is 11.3 Å². The standard InChI is InChI=1S/C21H28NO5P/c1-16(22-20(23)27-21(2,3)4)14-17-10-12-18(13-11-17)26-15-28(24,25)19-8-6-5-7-9-19/h5-13,16H,14-15H2,1-4H3,(H,22,23)(H,24,25). The number of ether oxygens (including phenoxy) is 2.